The molecule has 1 amide bonds. The van der Waals surface area contributed by atoms with Crippen molar-refractivity contribution in [3.8, 4) is 0 Å². The van der Waals surface area contributed by atoms with Crippen LogP contribution < -0.4 is 16.0 Å². The fraction of sp³-hybridized carbons (Fsp3) is 0.444. The van der Waals surface area contributed by atoms with E-state index in [1.54, 1.807) is 13.1 Å². The molecule has 1 saturated carbocycles. The standard InChI is InChI=1S/C18H26N4O.HI/c1-3-11-20-18(19-2)21-13-14-7-6-10-16(12-14)22-17(23)15-8-4-5-9-15;/h3,6-7,10,12,15H,1,4-5,8-9,11,13H2,2H3,(H,22,23)(H2,19,20,21);1H. The van der Waals surface area contributed by atoms with Crippen LogP contribution in [0, 0.1) is 5.92 Å². The molecule has 1 fully saturated rings. The van der Waals surface area contributed by atoms with Gasteiger partial charge in [0.15, 0.2) is 5.96 Å². The van der Waals surface area contributed by atoms with Crippen molar-refractivity contribution >= 4 is 41.5 Å². The molecule has 1 aromatic rings. The van der Waals surface area contributed by atoms with E-state index >= 15 is 0 Å². The van der Waals surface area contributed by atoms with Crippen LogP contribution in [0.2, 0.25) is 0 Å². The van der Waals surface area contributed by atoms with Gasteiger partial charge in [0.05, 0.1) is 0 Å². The lowest BCUT2D eigenvalue weighted by Crippen LogP contribution is -2.36. The van der Waals surface area contributed by atoms with E-state index in [1.807, 2.05) is 24.3 Å². The first-order valence-electron chi connectivity index (χ1n) is 8.18. The van der Waals surface area contributed by atoms with E-state index in [0.717, 1.165) is 30.1 Å². The normalized spacial score (nSPS) is 14.6. The molecule has 0 heterocycles. The third-order valence-electron chi connectivity index (χ3n) is 4.02. The van der Waals surface area contributed by atoms with Crippen molar-refractivity contribution in [2.24, 2.45) is 10.9 Å². The first kappa shape index (κ1) is 20.5. The number of carbonyl (C=O) groups is 1. The summed E-state index contributed by atoms with van der Waals surface area (Å²) >= 11 is 0. The molecule has 0 aromatic heterocycles. The number of hydrogen-bond acceptors (Lipinski definition) is 2. The van der Waals surface area contributed by atoms with Gasteiger partial charge < -0.3 is 16.0 Å². The Balaban J connectivity index is 0.00000288. The van der Waals surface area contributed by atoms with Gasteiger partial charge in [-0.15, -0.1) is 30.6 Å². The molecule has 0 saturated heterocycles. The molecule has 1 aromatic carbocycles. The molecule has 3 N–H and O–H groups in total. The van der Waals surface area contributed by atoms with Crippen LogP contribution in [0.4, 0.5) is 5.69 Å². The zero-order valence-electron chi connectivity index (χ0n) is 14.2. The van der Waals surface area contributed by atoms with E-state index in [9.17, 15) is 4.79 Å². The molecule has 0 bridgehead atoms. The Hall–Kier alpha value is -1.57. The highest BCUT2D eigenvalue weighted by Crippen LogP contribution is 2.26. The highest BCUT2D eigenvalue weighted by atomic mass is 127. The Morgan fingerprint density at radius 3 is 2.75 bits per heavy atom. The van der Waals surface area contributed by atoms with Gasteiger partial charge >= 0.3 is 0 Å². The number of amides is 1. The highest BCUT2D eigenvalue weighted by Gasteiger charge is 2.22. The lowest BCUT2D eigenvalue weighted by atomic mass is 10.1. The molecule has 132 valence electrons. The van der Waals surface area contributed by atoms with Crippen LogP contribution in [0.15, 0.2) is 41.9 Å². The molecular formula is C18H27IN4O. The van der Waals surface area contributed by atoms with Gasteiger partial charge in [0.1, 0.15) is 0 Å². The average molecular weight is 442 g/mol. The summed E-state index contributed by atoms with van der Waals surface area (Å²) in [7, 11) is 1.73. The molecule has 5 nitrogen and oxygen atoms in total. The molecule has 1 aliphatic carbocycles. The number of anilines is 1. The molecule has 6 heteroatoms. The Morgan fingerprint density at radius 2 is 2.08 bits per heavy atom. The zero-order chi connectivity index (χ0) is 16.5. The Kier molecular flexibility index (Phi) is 9.44. The summed E-state index contributed by atoms with van der Waals surface area (Å²) in [6.07, 6.45) is 6.14. The maximum atomic E-state index is 12.2. The number of benzene rings is 1. The minimum atomic E-state index is 0. The minimum absolute atomic E-state index is 0. The molecule has 0 radical (unpaired) electrons. The number of guanidine groups is 1. The molecule has 0 aliphatic heterocycles. The summed E-state index contributed by atoms with van der Waals surface area (Å²) in [4.78, 5) is 16.3. The van der Waals surface area contributed by atoms with Crippen molar-refractivity contribution in [3.63, 3.8) is 0 Å². The van der Waals surface area contributed by atoms with Gasteiger partial charge in [-0.3, -0.25) is 9.79 Å². The van der Waals surface area contributed by atoms with Crippen LogP contribution in [0.25, 0.3) is 0 Å². The van der Waals surface area contributed by atoms with Crippen LogP contribution in [0.1, 0.15) is 31.2 Å². The quantitative estimate of drug-likeness (QED) is 0.274. The monoisotopic (exact) mass is 442 g/mol. The number of rotatable bonds is 6. The Morgan fingerprint density at radius 1 is 1.33 bits per heavy atom. The van der Waals surface area contributed by atoms with Crippen LogP contribution in [0.3, 0.4) is 0 Å². The number of carbonyl (C=O) groups excluding carboxylic acids is 1. The van der Waals surface area contributed by atoms with Crippen molar-refractivity contribution in [3.05, 3.63) is 42.5 Å². The predicted octanol–water partition coefficient (Wildman–Crippen LogP) is 3.28. The molecule has 0 spiro atoms. The van der Waals surface area contributed by atoms with Gasteiger partial charge in [0.25, 0.3) is 0 Å². The number of hydrogen-bond donors (Lipinski definition) is 3. The largest absolute Gasteiger partial charge is 0.353 e. The van der Waals surface area contributed by atoms with Crippen molar-refractivity contribution in [1.82, 2.24) is 10.6 Å². The minimum Gasteiger partial charge on any atom is -0.353 e. The van der Waals surface area contributed by atoms with Gasteiger partial charge in [0, 0.05) is 31.7 Å². The predicted molar refractivity (Wildman–Crippen MR) is 111 cm³/mol. The molecule has 2 rings (SSSR count). The zero-order valence-corrected chi connectivity index (χ0v) is 16.5. The average Bonchev–Trinajstić information content (AvgIpc) is 3.10. The van der Waals surface area contributed by atoms with Crippen molar-refractivity contribution in [1.29, 1.82) is 0 Å². The SMILES string of the molecule is C=CCNC(=NC)NCc1cccc(NC(=O)C2CCCC2)c1.I. The molecule has 1 aliphatic rings. The van der Waals surface area contributed by atoms with Gasteiger partial charge in [-0.25, -0.2) is 0 Å². The summed E-state index contributed by atoms with van der Waals surface area (Å²) in [6.45, 7) is 4.98. The lowest BCUT2D eigenvalue weighted by molar-refractivity contribution is -0.119. The molecule has 0 unspecified atom stereocenters. The van der Waals surface area contributed by atoms with E-state index in [0.29, 0.717) is 13.1 Å². The van der Waals surface area contributed by atoms with E-state index < -0.39 is 0 Å². The third-order valence-corrected chi connectivity index (χ3v) is 4.02. The van der Waals surface area contributed by atoms with Gasteiger partial charge in [0.2, 0.25) is 5.91 Å². The molecular weight excluding hydrogens is 415 g/mol. The van der Waals surface area contributed by atoms with Crippen LogP contribution in [0.5, 0.6) is 0 Å². The second kappa shape index (κ2) is 11.1. The van der Waals surface area contributed by atoms with Gasteiger partial charge in [-0.05, 0) is 30.5 Å². The van der Waals surface area contributed by atoms with E-state index in [2.05, 4.69) is 27.5 Å². The first-order chi connectivity index (χ1) is 11.2. The van der Waals surface area contributed by atoms with E-state index in [1.165, 1.54) is 12.8 Å². The Bertz CT molecular complexity index is 568. The summed E-state index contributed by atoms with van der Waals surface area (Å²) in [6, 6.07) is 7.92. The number of nitrogens with one attached hydrogen (secondary N) is 3. The third kappa shape index (κ3) is 6.51. The van der Waals surface area contributed by atoms with E-state index in [4.69, 9.17) is 0 Å². The van der Waals surface area contributed by atoms with Gasteiger partial charge in [-0.1, -0.05) is 31.1 Å². The van der Waals surface area contributed by atoms with Crippen molar-refractivity contribution < 1.29 is 4.79 Å². The second-order valence-electron chi connectivity index (χ2n) is 5.77. The number of aliphatic imine (C=N–C) groups is 1. The van der Waals surface area contributed by atoms with E-state index in [-0.39, 0.29) is 35.8 Å². The van der Waals surface area contributed by atoms with Crippen molar-refractivity contribution in [2.45, 2.75) is 32.2 Å². The smallest absolute Gasteiger partial charge is 0.227 e. The number of halogens is 1. The highest BCUT2D eigenvalue weighted by molar-refractivity contribution is 14.0. The van der Waals surface area contributed by atoms with Crippen LogP contribution >= 0.6 is 24.0 Å². The first-order valence-corrected chi connectivity index (χ1v) is 8.18. The lowest BCUT2D eigenvalue weighted by Gasteiger charge is -2.13. The summed E-state index contributed by atoms with van der Waals surface area (Å²) in [5, 5.41) is 9.39. The fourth-order valence-electron chi connectivity index (χ4n) is 2.77. The second-order valence-corrected chi connectivity index (χ2v) is 5.77. The maximum Gasteiger partial charge on any atom is 0.227 e. The summed E-state index contributed by atoms with van der Waals surface area (Å²) in [5.74, 6) is 1.06. The van der Waals surface area contributed by atoms with Gasteiger partial charge in [-0.2, -0.15) is 0 Å². The molecule has 0 atom stereocenters. The molecule has 24 heavy (non-hydrogen) atoms. The number of nitrogens with zero attached hydrogens (tertiary/aromatic N) is 1. The van der Waals surface area contributed by atoms with Crippen LogP contribution in [-0.2, 0) is 11.3 Å². The maximum absolute atomic E-state index is 12.2. The Labute approximate surface area is 161 Å². The summed E-state index contributed by atoms with van der Waals surface area (Å²) in [5.41, 5.74) is 1.95. The topological polar surface area (TPSA) is 65.5 Å². The fourth-order valence-corrected chi connectivity index (χ4v) is 2.77. The summed E-state index contributed by atoms with van der Waals surface area (Å²) < 4.78 is 0. The van der Waals surface area contributed by atoms with Crippen LogP contribution in [-0.4, -0.2) is 25.5 Å². The van der Waals surface area contributed by atoms with Crippen molar-refractivity contribution in [2.75, 3.05) is 18.9 Å².